The van der Waals surface area contributed by atoms with Gasteiger partial charge in [-0.1, -0.05) is 41.9 Å². The highest BCUT2D eigenvalue weighted by molar-refractivity contribution is 6.34. The van der Waals surface area contributed by atoms with Gasteiger partial charge in [-0.05, 0) is 30.7 Å². The molecule has 1 amide bonds. The van der Waals surface area contributed by atoms with E-state index in [0.29, 0.717) is 16.3 Å². The van der Waals surface area contributed by atoms with Crippen LogP contribution >= 0.6 is 11.6 Å². The van der Waals surface area contributed by atoms with Crippen LogP contribution in [0.1, 0.15) is 28.9 Å². The van der Waals surface area contributed by atoms with Crippen molar-refractivity contribution in [2.45, 2.75) is 13.0 Å². The van der Waals surface area contributed by atoms with Crippen LogP contribution in [0, 0.1) is 0 Å². The first-order valence-corrected chi connectivity index (χ1v) is 7.10. The number of carbonyl (C=O) groups is 2. The van der Waals surface area contributed by atoms with E-state index in [9.17, 15) is 9.59 Å². The number of rotatable bonds is 5. The molecule has 2 aromatic carbocycles. The van der Waals surface area contributed by atoms with Crippen molar-refractivity contribution in [3.8, 4) is 0 Å². The SMILES string of the molecule is COC(C(=O)Nc1cc(C(C)=O)ccc1Cl)c1ccccc1. The lowest BCUT2D eigenvalue weighted by atomic mass is 10.1. The first-order valence-electron chi connectivity index (χ1n) is 6.72. The van der Waals surface area contributed by atoms with Gasteiger partial charge in [-0.3, -0.25) is 9.59 Å². The lowest BCUT2D eigenvalue weighted by Crippen LogP contribution is -2.22. The summed E-state index contributed by atoms with van der Waals surface area (Å²) in [6.07, 6.45) is -0.752. The molecule has 114 valence electrons. The Hall–Kier alpha value is -2.17. The highest BCUT2D eigenvalue weighted by Crippen LogP contribution is 2.26. The Labute approximate surface area is 134 Å². The second-order valence-corrected chi connectivity index (χ2v) is 5.17. The number of nitrogens with one attached hydrogen (secondary N) is 1. The fraction of sp³-hybridized carbons (Fsp3) is 0.176. The monoisotopic (exact) mass is 317 g/mol. The molecule has 0 aliphatic carbocycles. The van der Waals surface area contributed by atoms with Crippen molar-refractivity contribution in [2.75, 3.05) is 12.4 Å². The molecule has 0 saturated heterocycles. The van der Waals surface area contributed by atoms with Crippen LogP contribution in [0.4, 0.5) is 5.69 Å². The number of halogens is 1. The van der Waals surface area contributed by atoms with Crippen molar-refractivity contribution in [2.24, 2.45) is 0 Å². The van der Waals surface area contributed by atoms with E-state index in [-0.39, 0.29) is 11.7 Å². The predicted molar refractivity (Wildman–Crippen MR) is 86.3 cm³/mol. The summed E-state index contributed by atoms with van der Waals surface area (Å²) >= 11 is 6.07. The lowest BCUT2D eigenvalue weighted by molar-refractivity contribution is -0.126. The second-order valence-electron chi connectivity index (χ2n) is 4.77. The van der Waals surface area contributed by atoms with Crippen molar-refractivity contribution >= 4 is 29.0 Å². The zero-order chi connectivity index (χ0) is 16.1. The molecule has 0 fully saturated rings. The Kier molecular flexibility index (Phi) is 5.31. The third-order valence-electron chi connectivity index (χ3n) is 3.21. The summed E-state index contributed by atoms with van der Waals surface area (Å²) in [5, 5.41) is 3.07. The molecule has 1 atom stereocenters. The van der Waals surface area contributed by atoms with Gasteiger partial charge in [0.1, 0.15) is 0 Å². The Morgan fingerprint density at radius 1 is 1.14 bits per heavy atom. The van der Waals surface area contributed by atoms with Gasteiger partial charge >= 0.3 is 0 Å². The first-order chi connectivity index (χ1) is 10.5. The van der Waals surface area contributed by atoms with E-state index in [1.54, 1.807) is 30.3 Å². The Balaban J connectivity index is 2.24. The maximum Gasteiger partial charge on any atom is 0.258 e. The molecule has 0 saturated carbocycles. The summed E-state index contributed by atoms with van der Waals surface area (Å²) in [6.45, 7) is 1.46. The Bertz CT molecular complexity index is 686. The maximum absolute atomic E-state index is 12.4. The lowest BCUT2D eigenvalue weighted by Gasteiger charge is -2.16. The van der Waals surface area contributed by atoms with Gasteiger partial charge in [0.05, 0.1) is 10.7 Å². The predicted octanol–water partition coefficient (Wildman–Crippen LogP) is 3.87. The molecule has 5 heteroatoms. The van der Waals surface area contributed by atoms with Crippen LogP contribution in [0.15, 0.2) is 48.5 Å². The first kappa shape index (κ1) is 16.2. The fourth-order valence-corrected chi connectivity index (χ4v) is 2.23. The van der Waals surface area contributed by atoms with E-state index in [1.165, 1.54) is 14.0 Å². The van der Waals surface area contributed by atoms with Crippen molar-refractivity contribution < 1.29 is 14.3 Å². The average Bonchev–Trinajstić information content (AvgIpc) is 2.51. The molecule has 0 aliphatic heterocycles. The third-order valence-corrected chi connectivity index (χ3v) is 3.54. The zero-order valence-electron chi connectivity index (χ0n) is 12.3. The van der Waals surface area contributed by atoms with Crippen molar-refractivity contribution in [3.63, 3.8) is 0 Å². The average molecular weight is 318 g/mol. The zero-order valence-corrected chi connectivity index (χ0v) is 13.1. The van der Waals surface area contributed by atoms with E-state index >= 15 is 0 Å². The molecule has 4 nitrogen and oxygen atoms in total. The van der Waals surface area contributed by atoms with Gasteiger partial charge in [-0.25, -0.2) is 0 Å². The number of carbonyl (C=O) groups excluding carboxylic acids is 2. The largest absolute Gasteiger partial charge is 0.367 e. The highest BCUT2D eigenvalue weighted by atomic mass is 35.5. The van der Waals surface area contributed by atoms with Crippen molar-refractivity contribution in [3.05, 3.63) is 64.7 Å². The van der Waals surface area contributed by atoms with Gasteiger partial charge in [0, 0.05) is 12.7 Å². The molecule has 1 unspecified atom stereocenters. The van der Waals surface area contributed by atoms with Crippen LogP contribution in [0.2, 0.25) is 5.02 Å². The van der Waals surface area contributed by atoms with E-state index < -0.39 is 6.10 Å². The molecular formula is C17H16ClNO3. The molecule has 0 heterocycles. The fourth-order valence-electron chi connectivity index (χ4n) is 2.06. The van der Waals surface area contributed by atoms with Gasteiger partial charge in [0.2, 0.25) is 0 Å². The number of Topliss-reactive ketones (excluding diaryl/α,β-unsaturated/α-hetero) is 1. The van der Waals surface area contributed by atoms with Gasteiger partial charge < -0.3 is 10.1 Å². The van der Waals surface area contributed by atoms with Crippen LogP contribution < -0.4 is 5.32 Å². The quantitative estimate of drug-likeness (QED) is 0.852. The van der Waals surface area contributed by atoms with Crippen LogP contribution in [-0.4, -0.2) is 18.8 Å². The number of benzene rings is 2. The van der Waals surface area contributed by atoms with Crippen LogP contribution in [0.3, 0.4) is 0 Å². The number of hydrogen-bond donors (Lipinski definition) is 1. The number of ether oxygens (including phenoxy) is 1. The summed E-state index contributed by atoms with van der Waals surface area (Å²) in [4.78, 5) is 23.8. The number of ketones is 1. The smallest absolute Gasteiger partial charge is 0.258 e. The summed E-state index contributed by atoms with van der Waals surface area (Å²) in [7, 11) is 1.46. The second kappa shape index (κ2) is 7.20. The minimum absolute atomic E-state index is 0.0986. The standard InChI is InChI=1S/C17H16ClNO3/c1-11(20)13-8-9-14(18)15(10-13)19-17(21)16(22-2)12-6-4-3-5-7-12/h3-10,16H,1-2H3,(H,19,21). The van der Waals surface area contributed by atoms with Crippen LogP contribution in [0.25, 0.3) is 0 Å². The topological polar surface area (TPSA) is 55.4 Å². The number of anilines is 1. The van der Waals surface area contributed by atoms with Gasteiger partial charge in [-0.2, -0.15) is 0 Å². The van der Waals surface area contributed by atoms with Crippen molar-refractivity contribution in [1.29, 1.82) is 0 Å². The minimum atomic E-state index is -0.752. The summed E-state index contributed by atoms with van der Waals surface area (Å²) in [5.74, 6) is -0.449. The van der Waals surface area contributed by atoms with Crippen molar-refractivity contribution in [1.82, 2.24) is 0 Å². The highest BCUT2D eigenvalue weighted by Gasteiger charge is 2.21. The van der Waals surface area contributed by atoms with E-state index in [4.69, 9.17) is 16.3 Å². The Morgan fingerprint density at radius 3 is 2.41 bits per heavy atom. The third kappa shape index (κ3) is 3.72. The number of hydrogen-bond acceptors (Lipinski definition) is 3. The molecule has 0 spiro atoms. The van der Waals surface area contributed by atoms with Gasteiger partial charge in [0.15, 0.2) is 11.9 Å². The summed E-state index contributed by atoms with van der Waals surface area (Å²) in [6, 6.07) is 13.9. The van der Waals surface area contributed by atoms with Gasteiger partial charge in [0.25, 0.3) is 5.91 Å². The van der Waals surface area contributed by atoms with E-state index in [0.717, 1.165) is 5.56 Å². The summed E-state index contributed by atoms with van der Waals surface area (Å²) < 4.78 is 5.27. The minimum Gasteiger partial charge on any atom is -0.367 e. The molecule has 0 aromatic heterocycles. The van der Waals surface area contributed by atoms with Crippen LogP contribution in [0.5, 0.6) is 0 Å². The molecule has 2 rings (SSSR count). The molecule has 0 radical (unpaired) electrons. The van der Waals surface area contributed by atoms with Crippen LogP contribution in [-0.2, 0) is 9.53 Å². The molecular weight excluding hydrogens is 302 g/mol. The molecule has 0 bridgehead atoms. The van der Waals surface area contributed by atoms with Gasteiger partial charge in [-0.15, -0.1) is 0 Å². The molecule has 2 aromatic rings. The molecule has 1 N–H and O–H groups in total. The normalized spacial score (nSPS) is 11.8. The number of methoxy groups -OCH3 is 1. The molecule has 0 aliphatic rings. The Morgan fingerprint density at radius 2 is 1.82 bits per heavy atom. The number of amides is 1. The summed E-state index contributed by atoms with van der Waals surface area (Å²) in [5.41, 5.74) is 1.60. The molecule has 22 heavy (non-hydrogen) atoms. The van der Waals surface area contributed by atoms with E-state index in [1.807, 2.05) is 18.2 Å². The van der Waals surface area contributed by atoms with E-state index in [2.05, 4.69) is 5.32 Å². The maximum atomic E-state index is 12.4.